The van der Waals surface area contributed by atoms with Crippen LogP contribution in [0.25, 0.3) is 0 Å². The van der Waals surface area contributed by atoms with Crippen molar-refractivity contribution in [2.24, 2.45) is 25.8 Å². The quantitative estimate of drug-likeness (QED) is 0.0606. The fourth-order valence-electron chi connectivity index (χ4n) is 16.7. The Hall–Kier alpha value is -15.3. The minimum absolute atomic E-state index is 0.0247. The summed E-state index contributed by atoms with van der Waals surface area (Å²) in [5, 5.41) is 20.9. The Bertz CT molecular complexity index is 5750. The van der Waals surface area contributed by atoms with Crippen molar-refractivity contribution in [2.75, 3.05) is 7.11 Å². The monoisotopic (exact) mass is 1770 g/mol. The van der Waals surface area contributed by atoms with Crippen LogP contribution in [0.15, 0.2) is 360 Å². The van der Waals surface area contributed by atoms with Crippen LogP contribution in [0, 0.1) is 11.8 Å². The highest BCUT2D eigenvalue weighted by molar-refractivity contribution is 5.96. The number of carbonyl (C=O) groups excluding carboxylic acids is 5. The Morgan fingerprint density at radius 1 is 0.356 bits per heavy atom. The first-order chi connectivity index (χ1) is 64.7. The van der Waals surface area contributed by atoms with E-state index in [1.807, 2.05) is 304 Å². The molecule has 132 heavy (non-hydrogen) atoms. The molecule has 0 saturated heterocycles. The molecule has 0 aromatic heterocycles. The van der Waals surface area contributed by atoms with Crippen molar-refractivity contribution in [2.45, 2.75) is 184 Å². The molecule has 9 aromatic carbocycles. The number of oxime groups is 5. The molecule has 19 rings (SSSR count). The molecular weight excluding hydrogens is 1670 g/mol. The number of methoxy groups -OCH3 is 1. The Morgan fingerprint density at radius 3 is 1.14 bits per heavy atom. The largest absolute Gasteiger partial charge is 0.467 e. The van der Waals surface area contributed by atoms with Crippen LogP contribution in [0.3, 0.4) is 0 Å². The van der Waals surface area contributed by atoms with Crippen LogP contribution in [-0.2, 0) is 86.3 Å². The van der Waals surface area contributed by atoms with E-state index in [2.05, 4.69) is 44.5 Å². The highest BCUT2D eigenvalue weighted by Gasteiger charge is 2.49. The lowest BCUT2D eigenvalue weighted by atomic mass is 9.93. The first kappa shape index (κ1) is 91.5. The van der Waals surface area contributed by atoms with E-state index >= 15 is 0 Å². The van der Waals surface area contributed by atoms with Crippen molar-refractivity contribution < 1.29 is 76.6 Å². The zero-order valence-electron chi connectivity index (χ0n) is 74.3. The summed E-state index contributed by atoms with van der Waals surface area (Å²) in [5.41, 5.74) is 8.47. The van der Waals surface area contributed by atoms with Crippen LogP contribution >= 0.6 is 0 Å². The molecule has 0 bridgehead atoms. The lowest BCUT2D eigenvalue weighted by molar-refractivity contribution is -0.139. The number of amides is 5. The van der Waals surface area contributed by atoms with Gasteiger partial charge in [-0.2, -0.15) is 0 Å². The average molecular weight is 1780 g/mol. The zero-order chi connectivity index (χ0) is 91.5. The summed E-state index contributed by atoms with van der Waals surface area (Å²) >= 11 is 0. The maximum absolute atomic E-state index is 13.3. The van der Waals surface area contributed by atoms with Gasteiger partial charge in [-0.3, -0.25) is 29.0 Å². The van der Waals surface area contributed by atoms with Crippen LogP contribution in [0.5, 0.6) is 0 Å². The van der Waals surface area contributed by atoms with Gasteiger partial charge in [0.1, 0.15) is 18.1 Å². The van der Waals surface area contributed by atoms with Crippen molar-refractivity contribution >= 4 is 59.2 Å². The van der Waals surface area contributed by atoms with Crippen LogP contribution < -0.4 is 0 Å². The number of hydrogen-bond acceptors (Lipinski definition) is 21. The average Bonchev–Trinajstić information content (AvgIpc) is 0.794. The molecule has 10 heterocycles. The van der Waals surface area contributed by atoms with Gasteiger partial charge in [-0.1, -0.05) is 291 Å². The van der Waals surface area contributed by atoms with Crippen LogP contribution in [0.2, 0.25) is 0 Å². The number of fused-ring (bicyclic) bond motifs is 5. The van der Waals surface area contributed by atoms with Crippen LogP contribution in [0.4, 0.5) is 4.79 Å². The first-order valence-electron chi connectivity index (χ1n) is 44.6. The van der Waals surface area contributed by atoms with Crippen molar-refractivity contribution in [1.82, 2.24) is 24.5 Å². The van der Waals surface area contributed by atoms with E-state index in [-0.39, 0.29) is 90.5 Å². The number of ether oxygens (including phenoxy) is 6. The van der Waals surface area contributed by atoms with Gasteiger partial charge in [-0.05, 0) is 130 Å². The molecule has 9 aromatic rings. The maximum Gasteiger partial charge on any atom is 0.413 e. The molecule has 15 atom stereocenters. The van der Waals surface area contributed by atoms with Gasteiger partial charge in [0.05, 0.1) is 38.5 Å². The molecule has 0 aliphatic carbocycles. The molecule has 10 aliphatic rings. The Kier molecular flexibility index (Phi) is 31.3. The summed E-state index contributed by atoms with van der Waals surface area (Å²) in [6, 6.07) is 86.4. The smallest absolute Gasteiger partial charge is 0.413 e. The van der Waals surface area contributed by atoms with E-state index in [1.54, 1.807) is 77.3 Å². The standard InChI is InChI=1S/C28H22N2O3.C21H20N2O3.C20H18N2O3.C20H26N2O3.C17H20N2O4/c31-28(23-14-8-3-9-15-23)30-19-18-25-27(24(30)17-16-21-10-4-1-5-11-21)33-29-26(32-25)20-22-12-6-2-7-13-22;1-15(24)23-13-12-18-21(20(23)17-10-6-3-7-11-17)26-22-19(25-18)14-16-8-4-2-5-9-16;1-14(23)22-13-12-17-19(18(22)15-8-4-2-5-9-15)25-21-20(24-17)16-10-6-3-7-11-16;1-3-4-5-9-12-17-19-18(13-14-22(17)15(2)23)24-20(21-25-19)16-10-7-6-8-11-16;1-3-13-16-14(9-10-19(13)17(20)21-2)22-15(18-23-16)11-12-7-5-4-6-8-12/h1-15,18-19,24-25,27H,20H2;2-13,18,20-21H,14H2,1H3;2-13,17-19H,1H3;6-8,10-11,13-14,17-19H,3-5,9,12H2,1-2H3;4-10,13-14,16H,3,11H2,1-2H3/t24-,25?,27-;18?,20-,21+;17?,18-,19+;17?,18?,19-;13-,14?,16-/m00000/s1. The van der Waals surface area contributed by atoms with E-state index in [4.69, 9.17) is 52.6 Å². The number of hydrogen-bond donors (Lipinski definition) is 0. The summed E-state index contributed by atoms with van der Waals surface area (Å²) in [4.78, 5) is 98.6. The van der Waals surface area contributed by atoms with Crippen LogP contribution in [0.1, 0.15) is 140 Å². The second-order valence-corrected chi connectivity index (χ2v) is 32.4. The molecule has 26 nitrogen and oxygen atoms in total. The van der Waals surface area contributed by atoms with E-state index in [9.17, 15) is 24.0 Å². The van der Waals surface area contributed by atoms with Crippen molar-refractivity contribution in [1.29, 1.82) is 0 Å². The van der Waals surface area contributed by atoms with Gasteiger partial charge in [0, 0.05) is 74.0 Å². The Balaban J connectivity index is 0.000000127. The molecule has 26 heteroatoms. The van der Waals surface area contributed by atoms with E-state index in [0.29, 0.717) is 60.7 Å². The van der Waals surface area contributed by atoms with Gasteiger partial charge in [-0.15, -0.1) is 0 Å². The SMILES string of the molecule is CC(=O)N1C=CC2OC(Cc3ccccc3)=NO[C@H]2[C@@H]1c1ccccc1.CC(=O)N1C=CC2OC(c3ccccc3)=NO[C@H]2[C@@H]1c1ccccc1.CCCCCCC1[C@@H]2ON=C(c3ccccc3)OC2C=CN1C(C)=O.CC[C@H]1[C@@H]2ON=C(Cc3ccccc3)OC2C=CN1C(=O)OC.O=C(c1ccccc1)N1C=CC2OC(Cc3ccccc3)=NO[C@H]2[C@@H]1C#Cc1ccccc1. The van der Waals surface area contributed by atoms with Gasteiger partial charge >= 0.3 is 6.09 Å². The highest BCUT2D eigenvalue weighted by Crippen LogP contribution is 2.40. The fourth-order valence-corrected chi connectivity index (χ4v) is 16.7. The number of nitrogens with zero attached hydrogens (tertiary/aromatic N) is 10. The molecule has 0 fully saturated rings. The number of rotatable bonds is 17. The lowest BCUT2D eigenvalue weighted by Crippen LogP contribution is -2.54. The van der Waals surface area contributed by atoms with Crippen LogP contribution in [-0.4, -0.2) is 170 Å². The van der Waals surface area contributed by atoms with E-state index in [1.165, 1.54) is 31.3 Å². The lowest BCUT2D eigenvalue weighted by Gasteiger charge is -2.41. The first-order valence-corrected chi connectivity index (χ1v) is 44.6. The highest BCUT2D eigenvalue weighted by atomic mass is 16.7. The predicted octanol–water partition coefficient (Wildman–Crippen LogP) is 17.7. The molecule has 0 radical (unpaired) electrons. The topological polar surface area (TPSA) is 265 Å². The molecular formula is C106H106N10O16. The molecule has 5 amide bonds. The van der Waals surface area contributed by atoms with E-state index < -0.39 is 30.4 Å². The molecule has 6 unspecified atom stereocenters. The Morgan fingerprint density at radius 2 is 0.705 bits per heavy atom. The minimum atomic E-state index is -0.560. The summed E-state index contributed by atoms with van der Waals surface area (Å²) in [5.74, 6) is 8.72. The molecule has 0 saturated carbocycles. The molecule has 0 N–H and O–H groups in total. The Labute approximate surface area is 768 Å². The van der Waals surface area contributed by atoms with Crippen molar-refractivity contribution in [3.8, 4) is 11.8 Å². The van der Waals surface area contributed by atoms with Crippen molar-refractivity contribution in [3.05, 3.63) is 384 Å². The van der Waals surface area contributed by atoms with E-state index in [0.717, 1.165) is 57.3 Å². The van der Waals surface area contributed by atoms with Gasteiger partial charge in [-0.25, -0.2) is 4.79 Å². The van der Waals surface area contributed by atoms with Gasteiger partial charge < -0.3 is 67.3 Å². The minimum Gasteiger partial charge on any atom is -0.467 e. The molecule has 0 spiro atoms. The summed E-state index contributed by atoms with van der Waals surface area (Å²) < 4.78 is 35.1. The predicted molar refractivity (Wildman–Crippen MR) is 500 cm³/mol. The maximum atomic E-state index is 13.3. The van der Waals surface area contributed by atoms with Crippen molar-refractivity contribution in [3.63, 3.8) is 0 Å². The normalized spacial score (nSPS) is 23.8. The third-order valence-corrected chi connectivity index (χ3v) is 23.3. The summed E-state index contributed by atoms with van der Waals surface area (Å²) in [7, 11) is 1.36. The second-order valence-electron chi connectivity index (χ2n) is 32.4. The van der Waals surface area contributed by atoms with Gasteiger partial charge in [0.2, 0.25) is 35.4 Å². The van der Waals surface area contributed by atoms with Gasteiger partial charge in [0.15, 0.2) is 61.0 Å². The summed E-state index contributed by atoms with van der Waals surface area (Å²) in [6.07, 6.45) is 22.3. The third-order valence-electron chi connectivity index (χ3n) is 23.3. The molecule has 676 valence electrons. The third kappa shape index (κ3) is 23.1. The number of carbonyl (C=O) groups is 5. The zero-order valence-corrected chi connectivity index (χ0v) is 74.3. The fraction of sp³-hybridized carbons (Fsp3) is 0.283. The summed E-state index contributed by atoms with van der Waals surface area (Å²) in [6.45, 7) is 8.87. The number of benzene rings is 9. The number of unbranched alkanes of at least 4 members (excludes halogenated alkanes) is 3. The second kappa shape index (κ2) is 45.1. The molecule has 10 aliphatic heterocycles. The van der Waals surface area contributed by atoms with Gasteiger partial charge in [0.25, 0.3) is 17.7 Å².